The molecule has 1 N–H and O–H groups in total. The highest BCUT2D eigenvalue weighted by molar-refractivity contribution is 9.10. The number of hydrogen-bond donors (Lipinski definition) is 1. The standard InChI is InChI=1S/C13H9BrClFO/c1-7-6-8(2-5-11(7)17)9-3-4-10(14)12(15)13(9)16/h2-6,17H,1H3. The molecule has 0 saturated carbocycles. The number of aromatic hydroxyl groups is 1. The second kappa shape index (κ2) is 4.67. The van der Waals surface area contributed by atoms with Crippen LogP contribution in [0, 0.1) is 12.7 Å². The van der Waals surface area contributed by atoms with E-state index in [1.807, 2.05) is 0 Å². The Morgan fingerprint density at radius 2 is 1.94 bits per heavy atom. The van der Waals surface area contributed by atoms with Crippen molar-refractivity contribution in [1.82, 2.24) is 0 Å². The molecule has 0 aliphatic heterocycles. The van der Waals surface area contributed by atoms with Crippen molar-refractivity contribution in [2.24, 2.45) is 0 Å². The molecule has 0 aromatic heterocycles. The summed E-state index contributed by atoms with van der Waals surface area (Å²) in [5.41, 5.74) is 1.80. The molecule has 2 aromatic rings. The maximum absolute atomic E-state index is 14.0. The fourth-order valence-corrected chi connectivity index (χ4v) is 2.04. The third kappa shape index (κ3) is 2.31. The summed E-state index contributed by atoms with van der Waals surface area (Å²) in [5.74, 6) is -0.275. The van der Waals surface area contributed by atoms with Crippen LogP contribution >= 0.6 is 27.5 Å². The number of benzene rings is 2. The predicted molar refractivity (Wildman–Crippen MR) is 70.9 cm³/mol. The van der Waals surface area contributed by atoms with E-state index in [4.69, 9.17) is 11.6 Å². The molecule has 0 aliphatic rings. The Labute approximate surface area is 112 Å². The van der Waals surface area contributed by atoms with Crippen LogP contribution in [0.3, 0.4) is 0 Å². The van der Waals surface area contributed by atoms with Crippen LogP contribution in [0.15, 0.2) is 34.8 Å². The normalized spacial score (nSPS) is 10.6. The zero-order chi connectivity index (χ0) is 12.6. The minimum atomic E-state index is -0.467. The fraction of sp³-hybridized carbons (Fsp3) is 0.0769. The van der Waals surface area contributed by atoms with E-state index in [1.165, 1.54) is 0 Å². The molecule has 0 atom stereocenters. The zero-order valence-corrected chi connectivity index (χ0v) is 11.3. The Balaban J connectivity index is 2.61. The van der Waals surface area contributed by atoms with E-state index in [0.29, 0.717) is 21.2 Å². The Bertz CT molecular complexity index is 584. The van der Waals surface area contributed by atoms with Crippen molar-refractivity contribution in [2.45, 2.75) is 6.92 Å². The van der Waals surface area contributed by atoms with E-state index in [1.54, 1.807) is 37.3 Å². The fourth-order valence-electron chi connectivity index (χ4n) is 1.57. The number of aryl methyl sites for hydroxylation is 1. The van der Waals surface area contributed by atoms with Crippen molar-refractivity contribution in [3.63, 3.8) is 0 Å². The second-order valence-corrected chi connectivity index (χ2v) is 4.96. The van der Waals surface area contributed by atoms with Crippen molar-refractivity contribution in [1.29, 1.82) is 0 Å². The Morgan fingerprint density at radius 3 is 2.59 bits per heavy atom. The molecule has 0 saturated heterocycles. The first-order chi connectivity index (χ1) is 8.00. The van der Waals surface area contributed by atoms with E-state index in [2.05, 4.69) is 15.9 Å². The van der Waals surface area contributed by atoms with Crippen LogP contribution < -0.4 is 0 Å². The summed E-state index contributed by atoms with van der Waals surface area (Å²) in [7, 11) is 0. The van der Waals surface area contributed by atoms with E-state index >= 15 is 0 Å². The van der Waals surface area contributed by atoms with Crippen LogP contribution in [-0.4, -0.2) is 5.11 Å². The average Bonchev–Trinajstić information content (AvgIpc) is 2.30. The summed E-state index contributed by atoms with van der Waals surface area (Å²) >= 11 is 9.00. The van der Waals surface area contributed by atoms with Gasteiger partial charge in [-0.2, -0.15) is 0 Å². The topological polar surface area (TPSA) is 20.2 Å². The average molecular weight is 316 g/mol. The van der Waals surface area contributed by atoms with Crippen molar-refractivity contribution in [3.8, 4) is 16.9 Å². The first-order valence-electron chi connectivity index (χ1n) is 4.94. The highest BCUT2D eigenvalue weighted by atomic mass is 79.9. The maximum atomic E-state index is 14.0. The molecule has 0 heterocycles. The maximum Gasteiger partial charge on any atom is 0.150 e. The molecule has 2 aromatic carbocycles. The summed E-state index contributed by atoms with van der Waals surface area (Å²) in [5, 5.41) is 9.49. The molecule has 0 aliphatic carbocycles. The molecule has 0 amide bonds. The largest absolute Gasteiger partial charge is 0.508 e. The molecule has 0 bridgehead atoms. The molecular weight excluding hydrogens is 306 g/mol. The summed E-state index contributed by atoms with van der Waals surface area (Å²) in [6, 6.07) is 8.27. The van der Waals surface area contributed by atoms with Gasteiger partial charge in [-0.1, -0.05) is 23.7 Å². The molecule has 0 spiro atoms. The van der Waals surface area contributed by atoms with E-state index in [0.717, 1.165) is 0 Å². The molecule has 2 rings (SSSR count). The van der Waals surface area contributed by atoms with E-state index in [9.17, 15) is 9.50 Å². The molecule has 88 valence electrons. The van der Waals surface area contributed by atoms with Gasteiger partial charge in [0.15, 0.2) is 5.82 Å². The number of halogens is 3. The number of phenols is 1. The first kappa shape index (κ1) is 12.4. The van der Waals surface area contributed by atoms with Crippen LogP contribution in [0.4, 0.5) is 4.39 Å². The SMILES string of the molecule is Cc1cc(-c2ccc(Br)c(Cl)c2F)ccc1O. The Hall–Kier alpha value is -1.06. The van der Waals surface area contributed by atoms with Gasteiger partial charge in [0.25, 0.3) is 0 Å². The monoisotopic (exact) mass is 314 g/mol. The van der Waals surface area contributed by atoms with Gasteiger partial charge in [-0.05, 0) is 52.2 Å². The zero-order valence-electron chi connectivity index (χ0n) is 8.97. The van der Waals surface area contributed by atoms with Crippen LogP contribution in [0.1, 0.15) is 5.56 Å². The minimum Gasteiger partial charge on any atom is -0.508 e. The molecule has 17 heavy (non-hydrogen) atoms. The highest BCUT2D eigenvalue weighted by Gasteiger charge is 2.12. The molecule has 0 fully saturated rings. The predicted octanol–water partition coefficient (Wildman–Crippen LogP) is 4.92. The third-order valence-corrected chi connectivity index (χ3v) is 3.80. The Morgan fingerprint density at radius 1 is 1.24 bits per heavy atom. The number of hydrogen-bond acceptors (Lipinski definition) is 1. The van der Waals surface area contributed by atoms with Gasteiger partial charge in [-0.25, -0.2) is 4.39 Å². The van der Waals surface area contributed by atoms with Crippen LogP contribution in [0.25, 0.3) is 11.1 Å². The van der Waals surface area contributed by atoms with E-state index in [-0.39, 0.29) is 10.8 Å². The van der Waals surface area contributed by atoms with Crippen molar-refractivity contribution in [3.05, 3.63) is 51.2 Å². The smallest absolute Gasteiger partial charge is 0.150 e. The summed E-state index contributed by atoms with van der Waals surface area (Å²) in [6.45, 7) is 1.76. The summed E-state index contributed by atoms with van der Waals surface area (Å²) in [4.78, 5) is 0. The Kier molecular flexibility index (Phi) is 3.40. The summed E-state index contributed by atoms with van der Waals surface area (Å²) < 4.78 is 14.5. The van der Waals surface area contributed by atoms with Gasteiger partial charge in [-0.15, -0.1) is 0 Å². The lowest BCUT2D eigenvalue weighted by atomic mass is 10.0. The van der Waals surface area contributed by atoms with Gasteiger partial charge in [0.1, 0.15) is 5.75 Å². The number of phenolic OH excluding ortho intramolecular Hbond substituents is 1. The van der Waals surface area contributed by atoms with E-state index < -0.39 is 5.82 Å². The summed E-state index contributed by atoms with van der Waals surface area (Å²) in [6.07, 6.45) is 0. The third-order valence-electron chi connectivity index (χ3n) is 2.54. The number of rotatable bonds is 1. The van der Waals surface area contributed by atoms with Gasteiger partial charge in [-0.3, -0.25) is 0 Å². The lowest BCUT2D eigenvalue weighted by molar-refractivity contribution is 0.471. The van der Waals surface area contributed by atoms with Crippen LogP contribution in [0.5, 0.6) is 5.75 Å². The quantitative estimate of drug-likeness (QED) is 0.740. The van der Waals surface area contributed by atoms with Gasteiger partial charge in [0.2, 0.25) is 0 Å². The lowest BCUT2D eigenvalue weighted by Crippen LogP contribution is -1.87. The molecule has 0 unspecified atom stereocenters. The van der Waals surface area contributed by atoms with Crippen molar-refractivity contribution in [2.75, 3.05) is 0 Å². The van der Waals surface area contributed by atoms with Crippen LogP contribution in [-0.2, 0) is 0 Å². The minimum absolute atomic E-state index is 0.0632. The van der Waals surface area contributed by atoms with Gasteiger partial charge < -0.3 is 5.11 Å². The molecule has 4 heteroatoms. The first-order valence-corrected chi connectivity index (χ1v) is 6.11. The highest BCUT2D eigenvalue weighted by Crippen LogP contribution is 2.34. The molecule has 1 nitrogen and oxygen atoms in total. The van der Waals surface area contributed by atoms with Gasteiger partial charge >= 0.3 is 0 Å². The van der Waals surface area contributed by atoms with Crippen LogP contribution in [0.2, 0.25) is 5.02 Å². The lowest BCUT2D eigenvalue weighted by Gasteiger charge is -2.08. The second-order valence-electron chi connectivity index (χ2n) is 3.72. The molecular formula is C13H9BrClFO. The molecule has 0 radical (unpaired) electrons. The van der Waals surface area contributed by atoms with Gasteiger partial charge in [0, 0.05) is 10.0 Å². The van der Waals surface area contributed by atoms with Crippen molar-refractivity contribution >= 4 is 27.5 Å². The van der Waals surface area contributed by atoms with Crippen molar-refractivity contribution < 1.29 is 9.50 Å². The van der Waals surface area contributed by atoms with Gasteiger partial charge in [0.05, 0.1) is 5.02 Å².